The second-order valence-corrected chi connectivity index (χ2v) is 8.15. The Hall–Kier alpha value is 0.270. The molecule has 1 saturated heterocycles. The van der Waals surface area contributed by atoms with Crippen molar-refractivity contribution in [2.45, 2.75) is 51.3 Å². The molecule has 0 spiro atoms. The Bertz CT molecular complexity index is 255. The van der Waals surface area contributed by atoms with E-state index in [4.69, 9.17) is 5.73 Å². The third kappa shape index (κ3) is 3.39. The van der Waals surface area contributed by atoms with Crippen molar-refractivity contribution in [3.8, 4) is 0 Å². The van der Waals surface area contributed by atoms with Crippen LogP contribution in [0.4, 0.5) is 0 Å². The largest absolute Gasteiger partial charge is 0.327 e. The molecule has 0 amide bonds. The summed E-state index contributed by atoms with van der Waals surface area (Å²) >= 11 is 2.11. The zero-order valence-electron chi connectivity index (χ0n) is 11.6. The Morgan fingerprint density at radius 1 is 1.41 bits per heavy atom. The molecule has 1 heterocycles. The van der Waals surface area contributed by atoms with Crippen molar-refractivity contribution in [1.29, 1.82) is 0 Å². The first-order valence-corrected chi connectivity index (χ1v) is 8.13. The number of hydrogen-bond acceptors (Lipinski definition) is 3. The highest BCUT2D eigenvalue weighted by atomic mass is 32.2. The van der Waals surface area contributed by atoms with Crippen LogP contribution in [0.15, 0.2) is 0 Å². The average molecular weight is 256 g/mol. The Kier molecular flexibility index (Phi) is 4.43. The molecule has 1 saturated carbocycles. The first-order chi connectivity index (χ1) is 7.99. The second kappa shape index (κ2) is 5.50. The SMILES string of the molecule is CC1CN(CC2CCCC(C)(C)C2N)CCS1. The molecule has 1 aliphatic heterocycles. The van der Waals surface area contributed by atoms with Gasteiger partial charge in [-0.3, -0.25) is 0 Å². The predicted octanol–water partition coefficient (Wildman–Crippen LogP) is 2.58. The topological polar surface area (TPSA) is 29.3 Å². The first kappa shape index (κ1) is 13.7. The number of nitrogens with zero attached hydrogens (tertiary/aromatic N) is 1. The quantitative estimate of drug-likeness (QED) is 0.823. The molecule has 0 aromatic heterocycles. The summed E-state index contributed by atoms with van der Waals surface area (Å²) in [5.41, 5.74) is 6.82. The average Bonchev–Trinajstić information content (AvgIpc) is 2.25. The molecule has 1 aliphatic carbocycles. The Morgan fingerprint density at radius 2 is 2.18 bits per heavy atom. The number of thioether (sulfide) groups is 1. The van der Waals surface area contributed by atoms with E-state index < -0.39 is 0 Å². The van der Waals surface area contributed by atoms with Crippen LogP contribution >= 0.6 is 11.8 Å². The van der Waals surface area contributed by atoms with Gasteiger partial charge in [-0.25, -0.2) is 0 Å². The smallest absolute Gasteiger partial charge is 0.0147 e. The molecule has 0 aromatic rings. The molecule has 0 aromatic carbocycles. The van der Waals surface area contributed by atoms with Crippen molar-refractivity contribution in [3.63, 3.8) is 0 Å². The van der Waals surface area contributed by atoms with Crippen LogP contribution in [-0.4, -0.2) is 41.6 Å². The molecular formula is C14H28N2S. The van der Waals surface area contributed by atoms with Crippen molar-refractivity contribution in [2.75, 3.05) is 25.4 Å². The Morgan fingerprint density at radius 3 is 2.88 bits per heavy atom. The molecular weight excluding hydrogens is 228 g/mol. The maximum atomic E-state index is 6.48. The van der Waals surface area contributed by atoms with Gasteiger partial charge >= 0.3 is 0 Å². The fourth-order valence-corrected chi connectivity index (χ4v) is 4.48. The highest BCUT2D eigenvalue weighted by molar-refractivity contribution is 7.99. The molecule has 3 atom stereocenters. The lowest BCUT2D eigenvalue weighted by molar-refractivity contribution is 0.104. The van der Waals surface area contributed by atoms with E-state index >= 15 is 0 Å². The van der Waals surface area contributed by atoms with Gasteiger partial charge in [0.15, 0.2) is 0 Å². The molecule has 3 heteroatoms. The fraction of sp³-hybridized carbons (Fsp3) is 1.00. The van der Waals surface area contributed by atoms with E-state index in [1.807, 2.05) is 0 Å². The van der Waals surface area contributed by atoms with Gasteiger partial charge in [-0.05, 0) is 24.2 Å². The van der Waals surface area contributed by atoms with E-state index in [9.17, 15) is 0 Å². The molecule has 0 bridgehead atoms. The predicted molar refractivity (Wildman–Crippen MR) is 77.5 cm³/mol. The maximum absolute atomic E-state index is 6.48. The van der Waals surface area contributed by atoms with Crippen molar-refractivity contribution < 1.29 is 0 Å². The zero-order valence-corrected chi connectivity index (χ0v) is 12.4. The third-order valence-corrected chi connectivity index (χ3v) is 5.76. The fourth-order valence-electron chi connectivity index (χ4n) is 3.40. The van der Waals surface area contributed by atoms with Gasteiger partial charge in [-0.2, -0.15) is 11.8 Å². The molecule has 2 nitrogen and oxygen atoms in total. The van der Waals surface area contributed by atoms with Crippen LogP contribution in [0.1, 0.15) is 40.0 Å². The van der Waals surface area contributed by atoms with Crippen molar-refractivity contribution in [2.24, 2.45) is 17.1 Å². The summed E-state index contributed by atoms with van der Waals surface area (Å²) in [6, 6.07) is 0.390. The lowest BCUT2D eigenvalue weighted by Gasteiger charge is -2.44. The molecule has 3 unspecified atom stereocenters. The minimum absolute atomic E-state index is 0.346. The van der Waals surface area contributed by atoms with Crippen LogP contribution < -0.4 is 5.73 Å². The van der Waals surface area contributed by atoms with Gasteiger partial charge in [0.1, 0.15) is 0 Å². The molecule has 2 N–H and O–H groups in total. The van der Waals surface area contributed by atoms with Crippen LogP contribution in [0, 0.1) is 11.3 Å². The van der Waals surface area contributed by atoms with E-state index in [1.54, 1.807) is 0 Å². The number of nitrogens with two attached hydrogens (primary N) is 1. The summed E-state index contributed by atoms with van der Waals surface area (Å²) in [6.45, 7) is 10.8. The lowest BCUT2D eigenvalue weighted by Crippen LogP contribution is -2.51. The summed E-state index contributed by atoms with van der Waals surface area (Å²) in [7, 11) is 0. The van der Waals surface area contributed by atoms with Crippen LogP contribution in [0.25, 0.3) is 0 Å². The zero-order chi connectivity index (χ0) is 12.5. The minimum atomic E-state index is 0.346. The van der Waals surface area contributed by atoms with E-state index in [-0.39, 0.29) is 0 Å². The standard InChI is InChI=1S/C14H28N2S/c1-11-9-16(7-8-17-11)10-12-5-4-6-14(2,3)13(12)15/h11-13H,4-10,15H2,1-3H3. The Labute approximate surface area is 111 Å². The van der Waals surface area contributed by atoms with Crippen LogP contribution in [0.5, 0.6) is 0 Å². The van der Waals surface area contributed by atoms with Crippen LogP contribution in [0.2, 0.25) is 0 Å². The van der Waals surface area contributed by atoms with Gasteiger partial charge in [0.25, 0.3) is 0 Å². The molecule has 100 valence electrons. The minimum Gasteiger partial charge on any atom is -0.327 e. The maximum Gasteiger partial charge on any atom is 0.0147 e. The molecule has 2 fully saturated rings. The molecule has 2 aliphatic rings. The van der Waals surface area contributed by atoms with Crippen molar-refractivity contribution >= 4 is 11.8 Å². The van der Waals surface area contributed by atoms with Crippen LogP contribution in [0.3, 0.4) is 0 Å². The van der Waals surface area contributed by atoms with E-state index in [2.05, 4.69) is 37.4 Å². The van der Waals surface area contributed by atoms with Gasteiger partial charge in [-0.15, -0.1) is 0 Å². The van der Waals surface area contributed by atoms with Gasteiger partial charge in [0.2, 0.25) is 0 Å². The van der Waals surface area contributed by atoms with E-state index in [0.717, 1.165) is 5.25 Å². The van der Waals surface area contributed by atoms with E-state index in [1.165, 1.54) is 44.6 Å². The highest BCUT2D eigenvalue weighted by Crippen LogP contribution is 2.38. The number of rotatable bonds is 2. The summed E-state index contributed by atoms with van der Waals surface area (Å²) in [4.78, 5) is 2.65. The lowest BCUT2D eigenvalue weighted by atomic mass is 9.68. The van der Waals surface area contributed by atoms with Gasteiger partial charge in [-0.1, -0.05) is 27.2 Å². The Balaban J connectivity index is 1.89. The molecule has 17 heavy (non-hydrogen) atoms. The van der Waals surface area contributed by atoms with Crippen LogP contribution in [-0.2, 0) is 0 Å². The van der Waals surface area contributed by atoms with Gasteiger partial charge < -0.3 is 10.6 Å². The summed E-state index contributed by atoms with van der Waals surface area (Å²) in [5.74, 6) is 2.01. The van der Waals surface area contributed by atoms with Gasteiger partial charge in [0.05, 0.1) is 0 Å². The molecule has 2 rings (SSSR count). The second-order valence-electron chi connectivity index (χ2n) is 6.61. The third-order valence-electron chi connectivity index (χ3n) is 4.62. The first-order valence-electron chi connectivity index (χ1n) is 7.08. The highest BCUT2D eigenvalue weighted by Gasteiger charge is 2.37. The van der Waals surface area contributed by atoms with Crippen molar-refractivity contribution in [3.05, 3.63) is 0 Å². The van der Waals surface area contributed by atoms with Gasteiger partial charge in [0, 0.05) is 36.7 Å². The summed E-state index contributed by atoms with van der Waals surface area (Å²) in [5, 5.41) is 0.802. The van der Waals surface area contributed by atoms with Crippen molar-refractivity contribution in [1.82, 2.24) is 4.90 Å². The monoisotopic (exact) mass is 256 g/mol. The number of hydrogen-bond donors (Lipinski definition) is 1. The molecule has 0 radical (unpaired) electrons. The summed E-state index contributed by atoms with van der Waals surface area (Å²) in [6.07, 6.45) is 4.00. The summed E-state index contributed by atoms with van der Waals surface area (Å²) < 4.78 is 0. The van der Waals surface area contributed by atoms with E-state index in [0.29, 0.717) is 17.4 Å². The normalized spacial score (nSPS) is 39.2.